The molecular weight excluding hydrogens is 338 g/mol. The number of hydrogen-bond acceptors (Lipinski definition) is 6. The molecule has 0 radical (unpaired) electrons. The van der Waals surface area contributed by atoms with Crippen molar-refractivity contribution in [3.8, 4) is 11.5 Å². The van der Waals surface area contributed by atoms with Crippen LogP contribution in [0.25, 0.3) is 0 Å². The minimum absolute atomic E-state index is 0.00655. The maximum atomic E-state index is 12.7. The molecule has 1 fully saturated rings. The first kappa shape index (κ1) is 17.7. The third-order valence-electron chi connectivity index (χ3n) is 4.36. The van der Waals surface area contributed by atoms with Crippen molar-refractivity contribution in [3.05, 3.63) is 39.8 Å². The highest BCUT2D eigenvalue weighted by molar-refractivity contribution is 7.09. The van der Waals surface area contributed by atoms with Gasteiger partial charge in [-0.2, -0.15) is 0 Å². The maximum Gasteiger partial charge on any atom is 0.254 e. The number of aryl methyl sites for hydroxylation is 1. The Morgan fingerprint density at radius 1 is 1.44 bits per heavy atom. The number of methoxy groups -OCH3 is 1. The van der Waals surface area contributed by atoms with Crippen LogP contribution in [0, 0.1) is 6.92 Å². The lowest BCUT2D eigenvalue weighted by Gasteiger charge is -2.24. The molecule has 7 heteroatoms. The third-order valence-corrected chi connectivity index (χ3v) is 5.19. The normalized spacial score (nSPS) is 16.9. The summed E-state index contributed by atoms with van der Waals surface area (Å²) in [7, 11) is 1.57. The van der Waals surface area contributed by atoms with Gasteiger partial charge in [0.15, 0.2) is 11.5 Å². The molecule has 25 heavy (non-hydrogen) atoms. The second-order valence-electron chi connectivity index (χ2n) is 6.04. The predicted molar refractivity (Wildman–Crippen MR) is 97.3 cm³/mol. The van der Waals surface area contributed by atoms with Crippen LogP contribution in [0.5, 0.6) is 11.5 Å². The van der Waals surface area contributed by atoms with E-state index in [1.54, 1.807) is 36.6 Å². The molecule has 1 saturated heterocycles. The van der Waals surface area contributed by atoms with Crippen molar-refractivity contribution < 1.29 is 14.3 Å². The van der Waals surface area contributed by atoms with E-state index in [0.29, 0.717) is 30.2 Å². The van der Waals surface area contributed by atoms with Crippen molar-refractivity contribution in [1.82, 2.24) is 9.88 Å². The molecule has 2 heterocycles. The van der Waals surface area contributed by atoms with Crippen LogP contribution in [0.15, 0.2) is 23.6 Å². The first-order valence-electron chi connectivity index (χ1n) is 8.35. The second kappa shape index (κ2) is 7.84. The number of amides is 1. The van der Waals surface area contributed by atoms with Gasteiger partial charge in [0.2, 0.25) is 0 Å². The largest absolute Gasteiger partial charge is 0.493 e. The van der Waals surface area contributed by atoms with Crippen LogP contribution in [-0.4, -0.2) is 42.0 Å². The van der Waals surface area contributed by atoms with Gasteiger partial charge in [-0.3, -0.25) is 4.79 Å². The number of carbonyl (C=O) groups is 1. The van der Waals surface area contributed by atoms with E-state index in [1.807, 2.05) is 17.2 Å². The van der Waals surface area contributed by atoms with Crippen LogP contribution >= 0.6 is 11.3 Å². The predicted octanol–water partition coefficient (Wildman–Crippen LogP) is 2.60. The summed E-state index contributed by atoms with van der Waals surface area (Å²) < 4.78 is 11.2. The van der Waals surface area contributed by atoms with Crippen LogP contribution in [0.3, 0.4) is 0 Å². The molecule has 1 unspecified atom stereocenters. The summed E-state index contributed by atoms with van der Waals surface area (Å²) in [4.78, 5) is 19.0. The van der Waals surface area contributed by atoms with E-state index in [2.05, 4.69) is 4.98 Å². The van der Waals surface area contributed by atoms with Crippen LogP contribution in [0.1, 0.15) is 33.9 Å². The van der Waals surface area contributed by atoms with Crippen molar-refractivity contribution in [2.75, 3.05) is 20.2 Å². The zero-order valence-corrected chi connectivity index (χ0v) is 15.3. The highest BCUT2D eigenvalue weighted by atomic mass is 32.1. The van der Waals surface area contributed by atoms with E-state index in [1.165, 1.54) is 0 Å². The van der Waals surface area contributed by atoms with Crippen molar-refractivity contribution in [3.63, 3.8) is 0 Å². The first-order chi connectivity index (χ1) is 12.1. The molecule has 1 aromatic carbocycles. The number of thiazole rings is 1. The number of rotatable bonds is 6. The van der Waals surface area contributed by atoms with Gasteiger partial charge >= 0.3 is 0 Å². The number of likely N-dealkylation sites (tertiary alicyclic amines) is 1. The molecule has 1 aliphatic rings. The summed E-state index contributed by atoms with van der Waals surface area (Å²) in [5.74, 6) is 1.13. The Labute approximate surface area is 151 Å². The first-order valence-corrected chi connectivity index (χ1v) is 9.23. The van der Waals surface area contributed by atoms with E-state index < -0.39 is 0 Å². The Kier molecular flexibility index (Phi) is 5.55. The van der Waals surface area contributed by atoms with Crippen LogP contribution in [0.4, 0.5) is 0 Å². The van der Waals surface area contributed by atoms with Crippen LogP contribution < -0.4 is 15.2 Å². The van der Waals surface area contributed by atoms with Crippen LogP contribution in [0.2, 0.25) is 0 Å². The van der Waals surface area contributed by atoms with Gasteiger partial charge in [0.05, 0.1) is 17.8 Å². The number of nitrogens with two attached hydrogens (primary N) is 1. The van der Waals surface area contributed by atoms with Gasteiger partial charge in [-0.25, -0.2) is 4.98 Å². The molecule has 6 nitrogen and oxygen atoms in total. The number of carbonyl (C=O) groups excluding carboxylic acids is 1. The Morgan fingerprint density at radius 2 is 2.28 bits per heavy atom. The minimum Gasteiger partial charge on any atom is -0.493 e. The average Bonchev–Trinajstić information content (AvgIpc) is 3.27. The fourth-order valence-corrected chi connectivity index (χ4v) is 3.66. The Bertz CT molecular complexity index is 747. The fourth-order valence-electron chi connectivity index (χ4n) is 3.06. The second-order valence-corrected chi connectivity index (χ2v) is 7.10. The Balaban J connectivity index is 1.73. The molecule has 0 spiro atoms. The molecule has 1 atom stereocenters. The molecule has 1 aliphatic heterocycles. The van der Waals surface area contributed by atoms with Gasteiger partial charge in [0.1, 0.15) is 6.61 Å². The maximum absolute atomic E-state index is 12.7. The standard InChI is InChI=1S/C18H23N3O3S/c1-12-20-14(11-25-12)10-24-16-6-5-13(8-17(16)23-2)18(22)21-7-3-4-15(21)9-19/h5-6,8,11,15H,3-4,7,9-10,19H2,1-2H3. The zero-order valence-electron chi connectivity index (χ0n) is 14.5. The summed E-state index contributed by atoms with van der Waals surface area (Å²) in [6.45, 7) is 3.58. The van der Waals surface area contributed by atoms with Gasteiger partial charge < -0.3 is 20.1 Å². The molecule has 2 N–H and O–H groups in total. The van der Waals surface area contributed by atoms with E-state index in [-0.39, 0.29) is 11.9 Å². The summed E-state index contributed by atoms with van der Waals surface area (Å²) >= 11 is 1.59. The van der Waals surface area contributed by atoms with Gasteiger partial charge in [0.25, 0.3) is 5.91 Å². The lowest BCUT2D eigenvalue weighted by molar-refractivity contribution is 0.0740. The Hall–Kier alpha value is -2.12. The lowest BCUT2D eigenvalue weighted by Crippen LogP contribution is -2.39. The average molecular weight is 361 g/mol. The van der Waals surface area contributed by atoms with Gasteiger partial charge in [0, 0.05) is 30.1 Å². The number of ether oxygens (including phenoxy) is 2. The Morgan fingerprint density at radius 3 is 2.96 bits per heavy atom. The molecule has 134 valence electrons. The van der Waals surface area contributed by atoms with Gasteiger partial charge in [-0.15, -0.1) is 11.3 Å². The van der Waals surface area contributed by atoms with Gasteiger partial charge in [-0.1, -0.05) is 0 Å². The number of benzene rings is 1. The van der Waals surface area contributed by atoms with Crippen molar-refractivity contribution in [1.29, 1.82) is 0 Å². The van der Waals surface area contributed by atoms with E-state index >= 15 is 0 Å². The topological polar surface area (TPSA) is 77.7 Å². The summed E-state index contributed by atoms with van der Waals surface area (Å²) in [6.07, 6.45) is 1.96. The summed E-state index contributed by atoms with van der Waals surface area (Å²) in [5.41, 5.74) is 7.25. The van der Waals surface area contributed by atoms with E-state index in [4.69, 9.17) is 15.2 Å². The third kappa shape index (κ3) is 3.93. The minimum atomic E-state index is -0.00655. The van der Waals surface area contributed by atoms with Crippen LogP contribution in [-0.2, 0) is 6.61 Å². The monoisotopic (exact) mass is 361 g/mol. The number of hydrogen-bond donors (Lipinski definition) is 1. The van der Waals surface area contributed by atoms with E-state index in [0.717, 1.165) is 30.1 Å². The highest BCUT2D eigenvalue weighted by Crippen LogP contribution is 2.30. The van der Waals surface area contributed by atoms with Gasteiger partial charge in [-0.05, 0) is 38.0 Å². The zero-order chi connectivity index (χ0) is 17.8. The van der Waals surface area contributed by atoms with Crippen molar-refractivity contribution >= 4 is 17.2 Å². The summed E-state index contributed by atoms with van der Waals surface area (Å²) in [6, 6.07) is 5.41. The summed E-state index contributed by atoms with van der Waals surface area (Å²) in [5, 5.41) is 2.98. The van der Waals surface area contributed by atoms with Crippen molar-refractivity contribution in [2.24, 2.45) is 5.73 Å². The molecule has 0 aliphatic carbocycles. The van der Waals surface area contributed by atoms with E-state index in [9.17, 15) is 4.79 Å². The molecule has 1 aromatic heterocycles. The van der Waals surface area contributed by atoms with Crippen molar-refractivity contribution in [2.45, 2.75) is 32.4 Å². The lowest BCUT2D eigenvalue weighted by atomic mass is 10.1. The molecule has 0 saturated carbocycles. The molecular formula is C18H23N3O3S. The fraction of sp³-hybridized carbons (Fsp3) is 0.444. The SMILES string of the molecule is COc1cc(C(=O)N2CCCC2CN)ccc1OCc1csc(C)n1. The molecule has 1 amide bonds. The quantitative estimate of drug-likeness (QED) is 0.856. The smallest absolute Gasteiger partial charge is 0.254 e. The number of nitrogens with zero attached hydrogens (tertiary/aromatic N) is 2. The molecule has 2 aromatic rings. The molecule has 3 rings (SSSR count). The highest BCUT2D eigenvalue weighted by Gasteiger charge is 2.28. The molecule has 0 bridgehead atoms. The number of aromatic nitrogens is 1.